The van der Waals surface area contributed by atoms with E-state index in [-0.39, 0.29) is 33.4 Å². The predicted molar refractivity (Wildman–Crippen MR) is 97.1 cm³/mol. The first-order valence-corrected chi connectivity index (χ1v) is 9.01. The van der Waals surface area contributed by atoms with Crippen molar-refractivity contribution in [2.24, 2.45) is 7.05 Å². The molecule has 0 aliphatic rings. The Bertz CT molecular complexity index is 1210. The van der Waals surface area contributed by atoms with Crippen molar-refractivity contribution < 1.29 is 22.4 Å². The highest BCUT2D eigenvalue weighted by Gasteiger charge is 2.37. The molecule has 150 valence electrons. The number of hydrogen-bond donors (Lipinski definition) is 1. The first kappa shape index (κ1) is 19.1. The number of carbonyl (C=O) groups is 1. The Morgan fingerprint density at radius 2 is 2.03 bits per heavy atom. The van der Waals surface area contributed by atoms with Crippen LogP contribution in [-0.4, -0.2) is 30.5 Å². The molecule has 0 saturated carbocycles. The van der Waals surface area contributed by atoms with Crippen LogP contribution in [0.25, 0.3) is 10.2 Å². The molecule has 3 heterocycles. The Hall–Kier alpha value is -3.28. The lowest BCUT2D eigenvalue weighted by Gasteiger charge is -2.02. The third-order valence-electron chi connectivity index (χ3n) is 4.00. The molecule has 0 aliphatic carbocycles. The van der Waals surface area contributed by atoms with Crippen LogP contribution in [0.2, 0.25) is 0 Å². The molecule has 0 radical (unpaired) electrons. The zero-order chi connectivity index (χ0) is 20.8. The van der Waals surface area contributed by atoms with Crippen molar-refractivity contribution in [2.45, 2.75) is 12.7 Å². The molecule has 1 N–H and O–H groups in total. The molecule has 0 unspecified atom stereocenters. The topological polar surface area (TPSA) is 77.6 Å². The number of hydrogen-bond acceptors (Lipinski definition) is 5. The number of anilines is 1. The Labute approximate surface area is 164 Å². The third kappa shape index (κ3) is 3.83. The number of alkyl halides is 3. The quantitative estimate of drug-likeness (QED) is 0.507. The van der Waals surface area contributed by atoms with Crippen molar-refractivity contribution in [3.05, 3.63) is 58.6 Å². The molecule has 0 fully saturated rings. The van der Waals surface area contributed by atoms with E-state index in [1.165, 1.54) is 30.2 Å². The normalized spacial score (nSPS) is 11.9. The molecule has 3 aromatic heterocycles. The van der Waals surface area contributed by atoms with Crippen molar-refractivity contribution in [1.29, 1.82) is 0 Å². The van der Waals surface area contributed by atoms with Crippen LogP contribution in [0, 0.1) is 5.82 Å². The monoisotopic (exact) mass is 424 g/mol. The first-order chi connectivity index (χ1) is 13.7. The Morgan fingerprint density at radius 3 is 2.76 bits per heavy atom. The summed E-state index contributed by atoms with van der Waals surface area (Å²) >= 11 is 0.884. The average Bonchev–Trinajstić information content (AvgIpc) is 3.31. The van der Waals surface area contributed by atoms with Gasteiger partial charge in [0.2, 0.25) is 5.95 Å². The van der Waals surface area contributed by atoms with Crippen molar-refractivity contribution >= 4 is 33.4 Å². The van der Waals surface area contributed by atoms with Crippen LogP contribution in [0.15, 0.2) is 36.7 Å². The molecule has 4 rings (SSSR count). The van der Waals surface area contributed by atoms with Gasteiger partial charge in [0.15, 0.2) is 5.69 Å². The molecule has 0 aliphatic heterocycles. The van der Waals surface area contributed by atoms with E-state index in [0.29, 0.717) is 5.56 Å². The molecule has 0 bridgehead atoms. The number of rotatable bonds is 4. The van der Waals surface area contributed by atoms with Gasteiger partial charge in [-0.05, 0) is 23.8 Å². The van der Waals surface area contributed by atoms with E-state index in [0.717, 1.165) is 22.1 Å². The molecule has 0 saturated heterocycles. The van der Waals surface area contributed by atoms with Gasteiger partial charge in [-0.25, -0.2) is 14.1 Å². The minimum Gasteiger partial charge on any atom is -0.288 e. The summed E-state index contributed by atoms with van der Waals surface area (Å²) in [5.74, 6) is -1.03. The fourth-order valence-electron chi connectivity index (χ4n) is 2.78. The molecule has 29 heavy (non-hydrogen) atoms. The Balaban J connectivity index is 1.52. The average molecular weight is 424 g/mol. The standard InChI is InChI=1S/C17H12F4N6OS/c1-26-15-11(13(24-26)17(19,20)21)6-12(29-15)14(28)23-16-22-8-27(25-16)7-9-3-2-4-10(18)5-9/h2-6,8H,7H2,1H3,(H,23,25,28). The number of benzene rings is 1. The molecule has 12 heteroatoms. The summed E-state index contributed by atoms with van der Waals surface area (Å²) in [6.45, 7) is 0.240. The lowest BCUT2D eigenvalue weighted by Crippen LogP contribution is -2.12. The van der Waals surface area contributed by atoms with Crippen molar-refractivity contribution in [1.82, 2.24) is 24.5 Å². The van der Waals surface area contributed by atoms with Crippen LogP contribution in [0.3, 0.4) is 0 Å². The fraction of sp³-hybridized carbons (Fsp3) is 0.176. The summed E-state index contributed by atoms with van der Waals surface area (Å²) in [4.78, 5) is 16.7. The minimum absolute atomic E-state index is 0.0157. The van der Waals surface area contributed by atoms with Gasteiger partial charge in [0.1, 0.15) is 17.0 Å². The summed E-state index contributed by atoms with van der Waals surface area (Å²) in [6, 6.07) is 7.10. The van der Waals surface area contributed by atoms with Crippen LogP contribution >= 0.6 is 11.3 Å². The van der Waals surface area contributed by atoms with E-state index in [2.05, 4.69) is 20.5 Å². The molecule has 7 nitrogen and oxygen atoms in total. The number of aryl methyl sites for hydroxylation is 1. The first-order valence-electron chi connectivity index (χ1n) is 8.19. The van der Waals surface area contributed by atoms with E-state index in [1.54, 1.807) is 12.1 Å². The van der Waals surface area contributed by atoms with Crippen LogP contribution in [0.1, 0.15) is 20.9 Å². The minimum atomic E-state index is -4.62. The number of carbonyl (C=O) groups excluding carboxylic acids is 1. The second-order valence-electron chi connectivity index (χ2n) is 6.15. The summed E-state index contributed by atoms with van der Waals surface area (Å²) in [7, 11) is 1.38. The van der Waals surface area contributed by atoms with Crippen molar-refractivity contribution in [3.8, 4) is 0 Å². The van der Waals surface area contributed by atoms with Crippen molar-refractivity contribution in [3.63, 3.8) is 0 Å². The molecule has 0 atom stereocenters. The lowest BCUT2D eigenvalue weighted by atomic mass is 10.2. The van der Waals surface area contributed by atoms with Gasteiger partial charge in [-0.1, -0.05) is 12.1 Å². The summed E-state index contributed by atoms with van der Waals surface area (Å²) in [5.41, 5.74) is -0.382. The fourth-order valence-corrected chi connectivity index (χ4v) is 3.74. The highest BCUT2D eigenvalue weighted by Crippen LogP contribution is 2.37. The molecular weight excluding hydrogens is 412 g/mol. The zero-order valence-corrected chi connectivity index (χ0v) is 15.6. The van der Waals surface area contributed by atoms with Gasteiger partial charge >= 0.3 is 6.18 Å². The summed E-state index contributed by atoms with van der Waals surface area (Å²) in [6.07, 6.45) is -3.26. The Morgan fingerprint density at radius 1 is 1.24 bits per heavy atom. The molecule has 1 amide bonds. The van der Waals surface area contributed by atoms with Gasteiger partial charge in [0.05, 0.1) is 11.4 Å². The van der Waals surface area contributed by atoms with E-state index >= 15 is 0 Å². The Kier molecular flexibility index (Phi) is 4.57. The molecule has 4 aromatic rings. The highest BCUT2D eigenvalue weighted by atomic mass is 32.1. The van der Waals surface area contributed by atoms with Gasteiger partial charge in [-0.15, -0.1) is 16.4 Å². The van der Waals surface area contributed by atoms with E-state index in [4.69, 9.17) is 0 Å². The zero-order valence-electron chi connectivity index (χ0n) is 14.7. The van der Waals surface area contributed by atoms with Gasteiger partial charge in [-0.2, -0.15) is 18.3 Å². The number of thiophene rings is 1. The number of amides is 1. The van der Waals surface area contributed by atoms with Gasteiger partial charge in [0, 0.05) is 12.4 Å². The molecule has 1 aromatic carbocycles. The van der Waals surface area contributed by atoms with Crippen LogP contribution in [0.5, 0.6) is 0 Å². The number of nitrogens with zero attached hydrogens (tertiary/aromatic N) is 5. The largest absolute Gasteiger partial charge is 0.435 e. The number of fused-ring (bicyclic) bond motifs is 1. The van der Waals surface area contributed by atoms with E-state index in [9.17, 15) is 22.4 Å². The maximum Gasteiger partial charge on any atom is 0.435 e. The van der Waals surface area contributed by atoms with Gasteiger partial charge < -0.3 is 0 Å². The lowest BCUT2D eigenvalue weighted by molar-refractivity contribution is -0.140. The smallest absolute Gasteiger partial charge is 0.288 e. The predicted octanol–water partition coefficient (Wildman–Crippen LogP) is 3.68. The summed E-state index contributed by atoms with van der Waals surface area (Å²) in [5, 5.41) is 9.85. The van der Waals surface area contributed by atoms with Crippen LogP contribution < -0.4 is 5.32 Å². The van der Waals surface area contributed by atoms with E-state index in [1.807, 2.05) is 0 Å². The molecule has 0 spiro atoms. The highest BCUT2D eigenvalue weighted by molar-refractivity contribution is 7.20. The van der Waals surface area contributed by atoms with Crippen molar-refractivity contribution in [2.75, 3.05) is 5.32 Å². The van der Waals surface area contributed by atoms with Gasteiger partial charge in [0.25, 0.3) is 5.91 Å². The van der Waals surface area contributed by atoms with Crippen LogP contribution in [-0.2, 0) is 19.8 Å². The summed E-state index contributed by atoms with van der Waals surface area (Å²) < 4.78 is 55.0. The third-order valence-corrected chi connectivity index (χ3v) is 5.20. The number of aromatic nitrogens is 5. The van der Waals surface area contributed by atoms with E-state index < -0.39 is 17.8 Å². The maximum atomic E-state index is 13.2. The number of halogens is 4. The SMILES string of the molecule is Cn1nc(C(F)(F)F)c2cc(C(=O)Nc3ncn(Cc4cccc(F)c4)n3)sc21. The second-order valence-corrected chi connectivity index (χ2v) is 7.18. The second kappa shape index (κ2) is 6.95. The maximum absolute atomic E-state index is 13.2. The van der Waals surface area contributed by atoms with Gasteiger partial charge in [-0.3, -0.25) is 14.8 Å². The number of nitrogens with one attached hydrogen (secondary N) is 1. The van der Waals surface area contributed by atoms with Crippen LogP contribution in [0.4, 0.5) is 23.5 Å². The molecular formula is C17H12F4N6OS.